The Labute approximate surface area is 124 Å². The molecule has 0 aliphatic rings. The lowest BCUT2D eigenvalue weighted by Crippen LogP contribution is -1.93. The lowest BCUT2D eigenvalue weighted by atomic mass is 10.1. The highest BCUT2D eigenvalue weighted by Crippen LogP contribution is 2.08. The highest BCUT2D eigenvalue weighted by atomic mass is 16.1. The van der Waals surface area contributed by atoms with Crippen molar-refractivity contribution in [3.05, 3.63) is 76.9 Å². The molecule has 0 N–H and O–H groups in total. The monoisotopic (exact) mass is 271 g/mol. The van der Waals surface area contributed by atoms with Gasteiger partial charge in [0.15, 0.2) is 5.78 Å². The van der Waals surface area contributed by atoms with E-state index in [1.165, 1.54) is 6.92 Å². The first-order valence-electron chi connectivity index (χ1n) is 6.49. The molecule has 0 aromatic heterocycles. The molecule has 2 aromatic rings. The van der Waals surface area contributed by atoms with Gasteiger partial charge in [0, 0.05) is 5.56 Å². The largest absolute Gasteiger partial charge is 0.294 e. The summed E-state index contributed by atoms with van der Waals surface area (Å²) in [5.74, 6) is 5.78. The molecule has 21 heavy (non-hydrogen) atoms. The molecule has 0 atom stereocenters. The topological polar surface area (TPSA) is 40.9 Å². The zero-order valence-corrected chi connectivity index (χ0v) is 11.6. The predicted molar refractivity (Wildman–Crippen MR) is 83.1 cm³/mol. The molecule has 2 heteroatoms. The van der Waals surface area contributed by atoms with Crippen LogP contribution in [0.4, 0.5) is 0 Å². The first-order chi connectivity index (χ1) is 10.2. The Morgan fingerprint density at radius 2 is 1.62 bits per heavy atom. The fraction of sp³-hybridized carbons (Fsp3) is 0.0526. The van der Waals surface area contributed by atoms with Crippen LogP contribution in [-0.2, 0) is 4.79 Å². The molecule has 0 spiro atoms. The van der Waals surface area contributed by atoms with E-state index >= 15 is 0 Å². The van der Waals surface area contributed by atoms with Gasteiger partial charge in [-0.15, -0.1) is 0 Å². The van der Waals surface area contributed by atoms with Gasteiger partial charge in [0.2, 0.25) is 0 Å². The number of allylic oxidation sites excluding steroid dienone is 1. The van der Waals surface area contributed by atoms with E-state index < -0.39 is 0 Å². The third-order valence-corrected chi connectivity index (χ3v) is 2.85. The molecule has 0 aliphatic carbocycles. The van der Waals surface area contributed by atoms with Gasteiger partial charge in [0.25, 0.3) is 0 Å². The zero-order valence-electron chi connectivity index (χ0n) is 11.6. The van der Waals surface area contributed by atoms with Gasteiger partial charge >= 0.3 is 0 Å². The summed E-state index contributed by atoms with van der Waals surface area (Å²) in [7, 11) is 0. The summed E-state index contributed by atoms with van der Waals surface area (Å²) in [4.78, 5) is 11.7. The minimum Gasteiger partial charge on any atom is -0.294 e. The lowest BCUT2D eigenvalue weighted by molar-refractivity contribution is -0.113. The van der Waals surface area contributed by atoms with E-state index in [1.54, 1.807) is 30.3 Å². The van der Waals surface area contributed by atoms with E-state index in [9.17, 15) is 4.79 Å². The van der Waals surface area contributed by atoms with Gasteiger partial charge < -0.3 is 0 Å². The Morgan fingerprint density at radius 3 is 2.19 bits per heavy atom. The van der Waals surface area contributed by atoms with E-state index in [4.69, 9.17) is 5.26 Å². The fourth-order valence-electron chi connectivity index (χ4n) is 1.71. The van der Waals surface area contributed by atoms with E-state index in [-0.39, 0.29) is 5.78 Å². The Bertz CT molecular complexity index is 766. The fourth-order valence-corrected chi connectivity index (χ4v) is 1.71. The van der Waals surface area contributed by atoms with Gasteiger partial charge in [-0.3, -0.25) is 4.79 Å². The van der Waals surface area contributed by atoms with Crippen LogP contribution >= 0.6 is 0 Å². The van der Waals surface area contributed by atoms with E-state index in [1.807, 2.05) is 30.3 Å². The molecule has 0 heterocycles. The summed E-state index contributed by atoms with van der Waals surface area (Å²) < 4.78 is 0. The second kappa shape index (κ2) is 6.89. The quantitative estimate of drug-likeness (QED) is 0.618. The van der Waals surface area contributed by atoms with Crippen molar-refractivity contribution >= 4 is 11.9 Å². The van der Waals surface area contributed by atoms with Gasteiger partial charge in [-0.1, -0.05) is 42.2 Å². The Kier molecular flexibility index (Phi) is 4.70. The maximum atomic E-state index is 11.7. The van der Waals surface area contributed by atoms with Crippen LogP contribution in [0.2, 0.25) is 0 Å². The number of Topliss-reactive ketones (excluding diaryl/α,β-unsaturated/α-hetero) is 1. The number of carbonyl (C=O) groups excluding carboxylic acids is 1. The van der Waals surface area contributed by atoms with Crippen LogP contribution in [-0.4, -0.2) is 5.78 Å². The summed E-state index contributed by atoms with van der Waals surface area (Å²) in [6.07, 6.45) is 1.78. The third kappa shape index (κ3) is 4.20. The zero-order chi connectivity index (χ0) is 15.1. The van der Waals surface area contributed by atoms with Crippen molar-refractivity contribution in [1.29, 1.82) is 5.26 Å². The van der Waals surface area contributed by atoms with E-state index in [0.29, 0.717) is 11.1 Å². The molecule has 2 nitrogen and oxygen atoms in total. The van der Waals surface area contributed by atoms with E-state index in [0.717, 1.165) is 11.1 Å². The molecular weight excluding hydrogens is 258 g/mol. The van der Waals surface area contributed by atoms with Crippen molar-refractivity contribution in [1.82, 2.24) is 0 Å². The summed E-state index contributed by atoms with van der Waals surface area (Å²) in [5.41, 5.74) is 2.77. The van der Waals surface area contributed by atoms with Gasteiger partial charge in [0.05, 0.1) is 17.2 Å². The summed E-state index contributed by atoms with van der Waals surface area (Å²) in [6.45, 7) is 1.50. The average Bonchev–Trinajstić information content (AvgIpc) is 2.52. The van der Waals surface area contributed by atoms with Crippen molar-refractivity contribution in [2.45, 2.75) is 6.92 Å². The molecule has 0 radical (unpaired) electrons. The second-order valence-electron chi connectivity index (χ2n) is 4.46. The van der Waals surface area contributed by atoms with Gasteiger partial charge in [-0.25, -0.2) is 0 Å². The smallest absolute Gasteiger partial charge is 0.168 e. The van der Waals surface area contributed by atoms with Crippen molar-refractivity contribution in [3.8, 4) is 17.9 Å². The maximum Gasteiger partial charge on any atom is 0.168 e. The van der Waals surface area contributed by atoms with Gasteiger partial charge in [-0.05, 0) is 42.8 Å². The number of rotatable bonds is 2. The molecular formula is C19H13NO. The normalized spacial score (nSPS) is 10.2. The van der Waals surface area contributed by atoms with Crippen molar-refractivity contribution < 1.29 is 4.79 Å². The van der Waals surface area contributed by atoms with Gasteiger partial charge in [-0.2, -0.15) is 5.26 Å². The number of nitriles is 1. The molecule has 0 bridgehead atoms. The Hall–Kier alpha value is -3.10. The van der Waals surface area contributed by atoms with Crippen molar-refractivity contribution in [2.75, 3.05) is 0 Å². The van der Waals surface area contributed by atoms with Crippen molar-refractivity contribution in [3.63, 3.8) is 0 Å². The SMILES string of the molecule is CC(=O)C(C#Cc1ccc(C#N)cc1)=Cc1ccccc1. The molecule has 0 aliphatic heterocycles. The average molecular weight is 271 g/mol. The van der Waals surface area contributed by atoms with Crippen LogP contribution in [0, 0.1) is 23.2 Å². The van der Waals surface area contributed by atoms with E-state index in [2.05, 4.69) is 17.9 Å². The summed E-state index contributed by atoms with van der Waals surface area (Å²) in [6, 6.07) is 18.6. The number of nitrogens with zero attached hydrogens (tertiary/aromatic N) is 1. The summed E-state index contributed by atoms with van der Waals surface area (Å²) in [5, 5.41) is 8.74. The molecule has 0 fully saturated rings. The number of benzene rings is 2. The highest BCUT2D eigenvalue weighted by molar-refractivity contribution is 6.02. The number of carbonyl (C=O) groups is 1. The third-order valence-electron chi connectivity index (χ3n) is 2.85. The first-order valence-corrected chi connectivity index (χ1v) is 6.49. The molecule has 100 valence electrons. The standard InChI is InChI=1S/C19H13NO/c1-15(21)19(13-17-5-3-2-4-6-17)12-11-16-7-9-18(14-20)10-8-16/h2-10,13H,1H3. The van der Waals surface area contributed by atoms with Crippen LogP contribution in [0.5, 0.6) is 0 Å². The van der Waals surface area contributed by atoms with Gasteiger partial charge in [0.1, 0.15) is 0 Å². The predicted octanol–water partition coefficient (Wildman–Crippen LogP) is 3.58. The highest BCUT2D eigenvalue weighted by Gasteiger charge is 2.00. The molecule has 2 aromatic carbocycles. The van der Waals surface area contributed by atoms with Crippen LogP contribution in [0.15, 0.2) is 60.2 Å². The molecule has 0 unspecified atom stereocenters. The first kappa shape index (κ1) is 14.3. The van der Waals surface area contributed by atoms with Crippen LogP contribution in [0.3, 0.4) is 0 Å². The minimum atomic E-state index is -0.0694. The number of ketones is 1. The maximum absolute atomic E-state index is 11.7. The van der Waals surface area contributed by atoms with Crippen LogP contribution in [0.1, 0.15) is 23.6 Å². The molecule has 0 saturated carbocycles. The Morgan fingerprint density at radius 1 is 1.00 bits per heavy atom. The number of hydrogen-bond acceptors (Lipinski definition) is 2. The summed E-state index contributed by atoms with van der Waals surface area (Å²) >= 11 is 0. The minimum absolute atomic E-state index is 0.0694. The Balaban J connectivity index is 2.29. The number of hydrogen-bond donors (Lipinski definition) is 0. The molecule has 0 amide bonds. The van der Waals surface area contributed by atoms with Crippen LogP contribution < -0.4 is 0 Å². The molecule has 0 saturated heterocycles. The molecule has 2 rings (SSSR count). The van der Waals surface area contributed by atoms with Crippen molar-refractivity contribution in [2.24, 2.45) is 0 Å². The lowest BCUT2D eigenvalue weighted by Gasteiger charge is -1.95. The second-order valence-corrected chi connectivity index (χ2v) is 4.46. The van der Waals surface area contributed by atoms with Crippen LogP contribution in [0.25, 0.3) is 6.08 Å².